The molecule has 3 rings (SSSR count). The van der Waals surface area contributed by atoms with Crippen molar-refractivity contribution in [3.05, 3.63) is 0 Å². The van der Waals surface area contributed by atoms with Crippen LogP contribution in [0.4, 0.5) is 4.79 Å². The predicted molar refractivity (Wildman–Crippen MR) is 33.6 cm³/mol. The Kier molecular flexibility index (Phi) is 1.29. The molecule has 3 nitrogen and oxygen atoms in total. The predicted octanol–water partition coefficient (Wildman–Crippen LogP) is 1.46. The maximum absolute atomic E-state index is 10.7. The Morgan fingerprint density at radius 2 is 1.40 bits per heavy atom. The summed E-state index contributed by atoms with van der Waals surface area (Å²) in [6, 6.07) is 0. The van der Waals surface area contributed by atoms with Gasteiger partial charge in [0.15, 0.2) is 0 Å². The molecule has 10 heavy (non-hydrogen) atoms. The Labute approximate surface area is 59.3 Å². The van der Waals surface area contributed by atoms with E-state index in [0.29, 0.717) is 0 Å². The van der Waals surface area contributed by atoms with Gasteiger partial charge in [0.2, 0.25) is 0 Å². The smallest absolute Gasteiger partial charge is 0.431 e. The van der Waals surface area contributed by atoms with Gasteiger partial charge in [-0.05, 0) is 25.7 Å². The molecule has 0 amide bonds. The van der Waals surface area contributed by atoms with E-state index in [1.54, 1.807) is 0 Å². The van der Waals surface area contributed by atoms with Crippen LogP contribution in [-0.4, -0.2) is 18.4 Å². The molecule has 3 aliphatic rings. The lowest BCUT2D eigenvalue weighted by atomic mass is 9.95. The average molecular weight is 142 g/mol. The Morgan fingerprint density at radius 1 is 1.00 bits per heavy atom. The molecule has 0 aromatic heterocycles. The van der Waals surface area contributed by atoms with Gasteiger partial charge in [-0.2, -0.15) is 0 Å². The van der Waals surface area contributed by atoms with Gasteiger partial charge in [0.05, 0.1) is 0 Å². The van der Waals surface area contributed by atoms with Crippen molar-refractivity contribution in [3.8, 4) is 0 Å². The third-order valence-electron chi connectivity index (χ3n) is 2.15. The third-order valence-corrected chi connectivity index (χ3v) is 2.15. The Balaban J connectivity index is 2.12. The molecule has 2 aliphatic heterocycles. The maximum Gasteiger partial charge on any atom is 0.508 e. The normalized spacial score (nSPS) is 38.2. The average Bonchev–Trinajstić information content (AvgIpc) is 2.17. The molecule has 1 aliphatic carbocycles. The van der Waals surface area contributed by atoms with Crippen LogP contribution in [-0.2, 0) is 9.47 Å². The van der Waals surface area contributed by atoms with Gasteiger partial charge >= 0.3 is 6.16 Å². The zero-order valence-electron chi connectivity index (χ0n) is 5.71. The summed E-state index contributed by atoms with van der Waals surface area (Å²) < 4.78 is 9.88. The summed E-state index contributed by atoms with van der Waals surface area (Å²) in [6.07, 6.45) is 3.75. The lowest BCUT2D eigenvalue weighted by Gasteiger charge is -2.18. The van der Waals surface area contributed by atoms with E-state index in [1.807, 2.05) is 0 Å². The van der Waals surface area contributed by atoms with E-state index in [0.717, 1.165) is 25.7 Å². The highest BCUT2D eigenvalue weighted by Gasteiger charge is 2.31. The maximum atomic E-state index is 10.7. The van der Waals surface area contributed by atoms with Crippen molar-refractivity contribution < 1.29 is 14.3 Å². The number of carbonyl (C=O) groups excluding carboxylic acids is 1. The van der Waals surface area contributed by atoms with Crippen molar-refractivity contribution in [1.29, 1.82) is 0 Å². The van der Waals surface area contributed by atoms with Crippen LogP contribution in [0.25, 0.3) is 0 Å². The van der Waals surface area contributed by atoms with Crippen LogP contribution in [0.1, 0.15) is 25.7 Å². The quantitative estimate of drug-likeness (QED) is 0.480. The van der Waals surface area contributed by atoms with Crippen LogP contribution in [0.2, 0.25) is 0 Å². The number of carbonyl (C=O) groups is 1. The van der Waals surface area contributed by atoms with Crippen molar-refractivity contribution in [2.24, 2.45) is 0 Å². The molecule has 0 spiro atoms. The van der Waals surface area contributed by atoms with Crippen molar-refractivity contribution in [3.63, 3.8) is 0 Å². The number of hydrogen-bond donors (Lipinski definition) is 0. The van der Waals surface area contributed by atoms with E-state index in [4.69, 9.17) is 9.47 Å². The molecule has 0 N–H and O–H groups in total. The van der Waals surface area contributed by atoms with Gasteiger partial charge in [-0.3, -0.25) is 0 Å². The summed E-state index contributed by atoms with van der Waals surface area (Å²) >= 11 is 0. The van der Waals surface area contributed by atoms with Gasteiger partial charge in [0, 0.05) is 0 Å². The summed E-state index contributed by atoms with van der Waals surface area (Å²) in [5.41, 5.74) is 0. The monoisotopic (exact) mass is 142 g/mol. The minimum atomic E-state index is -0.468. The highest BCUT2D eigenvalue weighted by Crippen LogP contribution is 2.27. The molecule has 3 fully saturated rings. The molecule has 3 heteroatoms. The molecule has 56 valence electrons. The molecule has 0 aromatic carbocycles. The van der Waals surface area contributed by atoms with Crippen LogP contribution in [0.3, 0.4) is 0 Å². The van der Waals surface area contributed by atoms with E-state index in [1.165, 1.54) is 0 Å². The minimum Gasteiger partial charge on any atom is -0.431 e. The Hall–Kier alpha value is -0.730. The van der Waals surface area contributed by atoms with Crippen molar-refractivity contribution in [1.82, 2.24) is 0 Å². The van der Waals surface area contributed by atoms with E-state index in [9.17, 15) is 4.79 Å². The van der Waals surface area contributed by atoms with Gasteiger partial charge < -0.3 is 9.47 Å². The Morgan fingerprint density at radius 3 is 1.80 bits per heavy atom. The highest BCUT2D eigenvalue weighted by molar-refractivity contribution is 5.60. The molecule has 2 bridgehead atoms. The van der Waals surface area contributed by atoms with Crippen LogP contribution in [0.5, 0.6) is 0 Å². The second-order valence-corrected chi connectivity index (χ2v) is 2.88. The largest absolute Gasteiger partial charge is 0.508 e. The molecule has 2 saturated heterocycles. The SMILES string of the molecule is O=C1OC2CCC(CC2)O1. The second kappa shape index (κ2) is 2.15. The summed E-state index contributed by atoms with van der Waals surface area (Å²) in [6.45, 7) is 0. The lowest BCUT2D eigenvalue weighted by molar-refractivity contribution is 0.0444. The molecule has 0 radical (unpaired) electrons. The first-order valence-corrected chi connectivity index (χ1v) is 3.72. The van der Waals surface area contributed by atoms with Crippen molar-refractivity contribution in [2.75, 3.05) is 0 Å². The first-order chi connectivity index (χ1) is 4.84. The fourth-order valence-corrected chi connectivity index (χ4v) is 1.57. The van der Waals surface area contributed by atoms with Gasteiger partial charge in [0.25, 0.3) is 0 Å². The summed E-state index contributed by atoms with van der Waals surface area (Å²) in [4.78, 5) is 10.7. The van der Waals surface area contributed by atoms with E-state index < -0.39 is 6.16 Å². The zero-order chi connectivity index (χ0) is 6.97. The van der Waals surface area contributed by atoms with Gasteiger partial charge in [-0.15, -0.1) is 0 Å². The second-order valence-electron chi connectivity index (χ2n) is 2.88. The van der Waals surface area contributed by atoms with Crippen LogP contribution in [0, 0.1) is 0 Å². The molecular weight excluding hydrogens is 132 g/mol. The van der Waals surface area contributed by atoms with Crippen molar-refractivity contribution in [2.45, 2.75) is 37.9 Å². The molecule has 0 unspecified atom stereocenters. The number of ether oxygens (including phenoxy) is 2. The molecule has 2 heterocycles. The fourth-order valence-electron chi connectivity index (χ4n) is 1.57. The van der Waals surface area contributed by atoms with Crippen LogP contribution < -0.4 is 0 Å². The van der Waals surface area contributed by atoms with Gasteiger partial charge in [0.1, 0.15) is 12.2 Å². The minimum absolute atomic E-state index is 0.145. The summed E-state index contributed by atoms with van der Waals surface area (Å²) in [5, 5.41) is 0. The highest BCUT2D eigenvalue weighted by atomic mass is 16.7. The zero-order valence-corrected chi connectivity index (χ0v) is 5.71. The number of rotatable bonds is 0. The van der Waals surface area contributed by atoms with Crippen LogP contribution in [0.15, 0.2) is 0 Å². The molecular formula is C7H10O3. The fraction of sp³-hybridized carbons (Fsp3) is 0.857. The topological polar surface area (TPSA) is 35.5 Å². The van der Waals surface area contributed by atoms with E-state index in [2.05, 4.69) is 0 Å². The summed E-state index contributed by atoms with van der Waals surface area (Å²) in [5.74, 6) is 0. The Bertz CT molecular complexity index is 131. The van der Waals surface area contributed by atoms with Gasteiger partial charge in [-0.1, -0.05) is 0 Å². The van der Waals surface area contributed by atoms with Gasteiger partial charge in [-0.25, -0.2) is 4.79 Å². The van der Waals surface area contributed by atoms with E-state index >= 15 is 0 Å². The van der Waals surface area contributed by atoms with E-state index in [-0.39, 0.29) is 12.2 Å². The third kappa shape index (κ3) is 0.958. The number of fused-ring (bicyclic) bond motifs is 4. The van der Waals surface area contributed by atoms with Crippen molar-refractivity contribution >= 4 is 6.16 Å². The first kappa shape index (κ1) is 6.01. The van der Waals surface area contributed by atoms with Crippen LogP contribution >= 0.6 is 0 Å². The standard InChI is InChI=1S/C7H10O3/c8-7-9-5-1-2-6(10-7)4-3-5/h5-6H,1-4H2. The molecule has 0 aromatic rings. The first-order valence-electron chi connectivity index (χ1n) is 3.72. The lowest BCUT2D eigenvalue weighted by Crippen LogP contribution is -2.18. The number of hydrogen-bond acceptors (Lipinski definition) is 3. The molecule has 1 saturated carbocycles. The molecule has 0 atom stereocenters. The summed E-state index contributed by atoms with van der Waals surface area (Å²) in [7, 11) is 0.